The number of pyridine rings is 1. The molecular weight excluding hydrogens is 392 g/mol. The molecule has 2 aromatic rings. The van der Waals surface area contributed by atoms with Crippen LogP contribution in [0.25, 0.3) is 0 Å². The van der Waals surface area contributed by atoms with E-state index in [4.69, 9.17) is 0 Å². The zero-order valence-corrected chi connectivity index (χ0v) is 13.0. The second-order valence-corrected chi connectivity index (χ2v) is 7.40. The summed E-state index contributed by atoms with van der Waals surface area (Å²) in [4.78, 5) is 3.95. The maximum Gasteiger partial charge on any atom is 0.272 e. The van der Waals surface area contributed by atoms with E-state index in [1.54, 1.807) is 29.8 Å². The minimum Gasteiger partial charge on any atom is -0.276 e. The molecule has 2 rings (SSSR count). The lowest BCUT2D eigenvalue weighted by atomic mass is 10.4. The van der Waals surface area contributed by atoms with E-state index < -0.39 is 10.0 Å². The summed E-state index contributed by atoms with van der Waals surface area (Å²) in [5.41, 5.74) is 0.410. The van der Waals surface area contributed by atoms with Gasteiger partial charge < -0.3 is 0 Å². The molecule has 0 unspecified atom stereocenters. The number of hydrogen-bond acceptors (Lipinski definition) is 4. The van der Waals surface area contributed by atoms with E-state index >= 15 is 0 Å². The molecule has 0 aliphatic heterocycles. The molecule has 0 spiro atoms. The fourth-order valence-electron chi connectivity index (χ4n) is 1.12. The molecule has 0 aromatic carbocycles. The maximum absolute atomic E-state index is 12.1. The van der Waals surface area contributed by atoms with Gasteiger partial charge >= 0.3 is 0 Å². The van der Waals surface area contributed by atoms with Gasteiger partial charge in [-0.1, -0.05) is 0 Å². The first-order chi connectivity index (χ1) is 8.00. The van der Waals surface area contributed by atoms with Crippen molar-refractivity contribution in [2.24, 2.45) is 0 Å². The number of rotatable bonds is 3. The standard InChI is InChI=1S/C9H6Br2N2O2S2/c10-6-3-5-16-9(6)17(14,15)13-7-2-1-4-12-8(7)11/h1-5,13H. The fraction of sp³-hybridized carbons (Fsp3) is 0. The van der Waals surface area contributed by atoms with Gasteiger partial charge in [0, 0.05) is 10.7 Å². The van der Waals surface area contributed by atoms with E-state index in [1.807, 2.05) is 0 Å². The molecule has 17 heavy (non-hydrogen) atoms. The second-order valence-electron chi connectivity index (χ2n) is 3.00. The minimum atomic E-state index is -3.57. The van der Waals surface area contributed by atoms with E-state index in [0.717, 1.165) is 11.3 Å². The van der Waals surface area contributed by atoms with Gasteiger partial charge in [0.2, 0.25) is 0 Å². The molecule has 4 nitrogen and oxygen atoms in total. The predicted molar refractivity (Wildman–Crippen MR) is 74.8 cm³/mol. The van der Waals surface area contributed by atoms with Gasteiger partial charge in [0.1, 0.15) is 4.60 Å². The van der Waals surface area contributed by atoms with Crippen molar-refractivity contribution in [3.8, 4) is 0 Å². The van der Waals surface area contributed by atoms with Crippen molar-refractivity contribution in [3.05, 3.63) is 38.9 Å². The Labute approximate surface area is 119 Å². The Morgan fingerprint density at radius 3 is 2.65 bits per heavy atom. The number of aromatic nitrogens is 1. The highest BCUT2D eigenvalue weighted by molar-refractivity contribution is 9.10. The van der Waals surface area contributed by atoms with Gasteiger partial charge in [-0.2, -0.15) is 0 Å². The molecule has 0 saturated carbocycles. The van der Waals surface area contributed by atoms with Gasteiger partial charge in [0.25, 0.3) is 10.0 Å². The number of thiophene rings is 1. The Hall–Kier alpha value is -0.440. The molecule has 0 aliphatic carbocycles. The van der Waals surface area contributed by atoms with Crippen LogP contribution >= 0.6 is 43.2 Å². The lowest BCUT2D eigenvalue weighted by Crippen LogP contribution is -2.12. The van der Waals surface area contributed by atoms with Crippen molar-refractivity contribution in [1.82, 2.24) is 4.98 Å². The predicted octanol–water partition coefficient (Wildman–Crippen LogP) is 3.47. The lowest BCUT2D eigenvalue weighted by Gasteiger charge is -2.07. The molecule has 0 atom stereocenters. The molecule has 90 valence electrons. The zero-order valence-electron chi connectivity index (χ0n) is 8.22. The first-order valence-electron chi connectivity index (χ1n) is 4.37. The second kappa shape index (κ2) is 5.05. The normalized spacial score (nSPS) is 11.4. The summed E-state index contributed by atoms with van der Waals surface area (Å²) in [6.07, 6.45) is 1.57. The number of halogens is 2. The smallest absolute Gasteiger partial charge is 0.272 e. The zero-order chi connectivity index (χ0) is 12.5. The van der Waals surface area contributed by atoms with Gasteiger partial charge in [-0.3, -0.25) is 4.72 Å². The third kappa shape index (κ3) is 2.87. The molecule has 0 aliphatic rings. The first kappa shape index (κ1) is 13.0. The van der Waals surface area contributed by atoms with Crippen LogP contribution in [0, 0.1) is 0 Å². The maximum atomic E-state index is 12.1. The van der Waals surface area contributed by atoms with E-state index in [9.17, 15) is 8.42 Å². The molecule has 0 amide bonds. The van der Waals surface area contributed by atoms with Crippen molar-refractivity contribution >= 4 is 58.9 Å². The van der Waals surface area contributed by atoms with Crippen LogP contribution in [-0.2, 0) is 10.0 Å². The van der Waals surface area contributed by atoms with Gasteiger partial charge in [0.15, 0.2) is 4.21 Å². The Bertz CT molecular complexity index is 640. The van der Waals surface area contributed by atoms with Gasteiger partial charge in [-0.05, 0) is 55.4 Å². The molecule has 0 bridgehead atoms. The summed E-state index contributed by atoms with van der Waals surface area (Å²) in [6.45, 7) is 0. The Balaban J connectivity index is 2.37. The Kier molecular flexibility index (Phi) is 3.86. The van der Waals surface area contributed by atoms with Crippen LogP contribution in [0.15, 0.2) is 43.1 Å². The summed E-state index contributed by atoms with van der Waals surface area (Å²) in [5.74, 6) is 0. The molecule has 0 radical (unpaired) electrons. The summed E-state index contributed by atoms with van der Waals surface area (Å²) < 4.78 is 27.8. The van der Waals surface area contributed by atoms with Crippen LogP contribution in [0.2, 0.25) is 0 Å². The monoisotopic (exact) mass is 396 g/mol. The average Bonchev–Trinajstić information content (AvgIpc) is 2.68. The largest absolute Gasteiger partial charge is 0.276 e. The van der Waals surface area contributed by atoms with E-state index in [2.05, 4.69) is 41.6 Å². The lowest BCUT2D eigenvalue weighted by molar-refractivity contribution is 0.602. The number of hydrogen-bond donors (Lipinski definition) is 1. The molecule has 0 fully saturated rings. The topological polar surface area (TPSA) is 59.1 Å². The molecule has 0 saturated heterocycles. The Morgan fingerprint density at radius 2 is 2.06 bits per heavy atom. The van der Waals surface area contributed by atoms with E-state index in [-0.39, 0.29) is 4.21 Å². The highest BCUT2D eigenvalue weighted by atomic mass is 79.9. The summed E-state index contributed by atoms with van der Waals surface area (Å²) in [5, 5.41) is 1.71. The summed E-state index contributed by atoms with van der Waals surface area (Å²) in [6, 6.07) is 4.99. The number of anilines is 1. The first-order valence-corrected chi connectivity index (χ1v) is 8.32. The number of sulfonamides is 1. The molecule has 8 heteroatoms. The molecule has 2 aromatic heterocycles. The average molecular weight is 398 g/mol. The third-order valence-corrected chi connectivity index (χ3v) is 6.50. The SMILES string of the molecule is O=S(=O)(Nc1cccnc1Br)c1sccc1Br. The van der Waals surface area contributed by atoms with Crippen LogP contribution in [0.3, 0.4) is 0 Å². The third-order valence-electron chi connectivity index (χ3n) is 1.83. The summed E-state index contributed by atoms with van der Waals surface area (Å²) >= 11 is 7.53. The quantitative estimate of drug-likeness (QED) is 0.806. The van der Waals surface area contributed by atoms with Crippen LogP contribution in [0.1, 0.15) is 0 Å². The van der Waals surface area contributed by atoms with Crippen LogP contribution < -0.4 is 4.72 Å². The van der Waals surface area contributed by atoms with Crippen molar-refractivity contribution in [2.45, 2.75) is 4.21 Å². The fourth-order valence-corrected chi connectivity index (χ4v) is 5.01. The van der Waals surface area contributed by atoms with Crippen LogP contribution in [-0.4, -0.2) is 13.4 Å². The van der Waals surface area contributed by atoms with Crippen molar-refractivity contribution in [2.75, 3.05) is 4.72 Å². The number of nitrogens with zero attached hydrogens (tertiary/aromatic N) is 1. The highest BCUT2D eigenvalue weighted by Crippen LogP contribution is 2.30. The van der Waals surface area contributed by atoms with Crippen LogP contribution in [0.4, 0.5) is 5.69 Å². The van der Waals surface area contributed by atoms with Crippen LogP contribution in [0.5, 0.6) is 0 Å². The highest BCUT2D eigenvalue weighted by Gasteiger charge is 2.20. The van der Waals surface area contributed by atoms with Crippen molar-refractivity contribution in [3.63, 3.8) is 0 Å². The Morgan fingerprint density at radius 1 is 1.29 bits per heavy atom. The van der Waals surface area contributed by atoms with Crippen molar-refractivity contribution < 1.29 is 8.42 Å². The van der Waals surface area contributed by atoms with E-state index in [1.165, 1.54) is 0 Å². The minimum absolute atomic E-state index is 0.244. The number of nitrogens with one attached hydrogen (secondary N) is 1. The van der Waals surface area contributed by atoms with Gasteiger partial charge in [-0.15, -0.1) is 11.3 Å². The molecular formula is C9H6Br2N2O2S2. The van der Waals surface area contributed by atoms with Gasteiger partial charge in [-0.25, -0.2) is 13.4 Å². The van der Waals surface area contributed by atoms with Gasteiger partial charge in [0.05, 0.1) is 5.69 Å². The molecule has 1 N–H and O–H groups in total. The van der Waals surface area contributed by atoms with E-state index in [0.29, 0.717) is 14.8 Å². The summed E-state index contributed by atoms with van der Waals surface area (Å²) in [7, 11) is -3.57. The molecule has 2 heterocycles. The van der Waals surface area contributed by atoms with Crippen molar-refractivity contribution in [1.29, 1.82) is 0 Å².